The third-order valence-electron chi connectivity index (χ3n) is 1.03. The topological polar surface area (TPSA) is 48.8 Å². The van der Waals surface area contributed by atoms with Crippen LogP contribution < -0.4 is 0 Å². The van der Waals surface area contributed by atoms with Crippen molar-refractivity contribution in [3.63, 3.8) is 0 Å². The molecule has 0 aliphatic carbocycles. The normalized spacial score (nSPS) is 9.27. The van der Waals surface area contributed by atoms with Crippen LogP contribution in [0.4, 0.5) is 0 Å². The SMILES string of the molecule is [N-]=[N+]=NCc1cc(Br)sc1Cl. The number of nitrogens with zero attached hydrogens (tertiary/aromatic N) is 3. The van der Waals surface area contributed by atoms with Crippen molar-refractivity contribution in [3.05, 3.63) is 30.2 Å². The quantitative estimate of drug-likeness (QED) is 0.434. The van der Waals surface area contributed by atoms with E-state index in [2.05, 4.69) is 26.0 Å². The average molecular weight is 253 g/mol. The Kier molecular flexibility index (Phi) is 3.20. The minimum Gasteiger partial charge on any atom is -0.116 e. The van der Waals surface area contributed by atoms with Crippen molar-refractivity contribution < 1.29 is 0 Å². The molecule has 0 atom stereocenters. The molecule has 0 bridgehead atoms. The van der Waals surface area contributed by atoms with Crippen LogP contribution in [0.5, 0.6) is 0 Å². The summed E-state index contributed by atoms with van der Waals surface area (Å²) in [5.41, 5.74) is 8.89. The highest BCUT2D eigenvalue weighted by Crippen LogP contribution is 2.31. The minimum atomic E-state index is 0.317. The fourth-order valence-corrected chi connectivity index (χ4v) is 2.62. The Morgan fingerprint density at radius 3 is 3.00 bits per heavy atom. The summed E-state index contributed by atoms with van der Waals surface area (Å²) in [6.45, 7) is 0.317. The van der Waals surface area contributed by atoms with Crippen LogP contribution in [0, 0.1) is 0 Å². The lowest BCUT2D eigenvalue weighted by Crippen LogP contribution is -1.72. The third kappa shape index (κ3) is 2.38. The smallest absolute Gasteiger partial charge is 0.0973 e. The minimum absolute atomic E-state index is 0.317. The van der Waals surface area contributed by atoms with E-state index in [1.807, 2.05) is 6.07 Å². The van der Waals surface area contributed by atoms with E-state index in [4.69, 9.17) is 17.1 Å². The van der Waals surface area contributed by atoms with Crippen molar-refractivity contribution in [1.82, 2.24) is 0 Å². The molecule has 0 fully saturated rings. The lowest BCUT2D eigenvalue weighted by Gasteiger charge is -1.86. The summed E-state index contributed by atoms with van der Waals surface area (Å²) in [6, 6.07) is 1.85. The van der Waals surface area contributed by atoms with Gasteiger partial charge in [0, 0.05) is 4.91 Å². The average Bonchev–Trinajstić information content (AvgIpc) is 2.26. The van der Waals surface area contributed by atoms with Crippen LogP contribution >= 0.6 is 38.9 Å². The Labute approximate surface area is 80.7 Å². The predicted molar refractivity (Wildman–Crippen MR) is 49.9 cm³/mol. The van der Waals surface area contributed by atoms with E-state index in [-0.39, 0.29) is 0 Å². The van der Waals surface area contributed by atoms with Gasteiger partial charge in [0.2, 0.25) is 0 Å². The highest BCUT2D eigenvalue weighted by Gasteiger charge is 2.02. The molecular weight excluding hydrogens is 250 g/mol. The zero-order valence-electron chi connectivity index (χ0n) is 5.29. The second-order valence-electron chi connectivity index (χ2n) is 1.74. The van der Waals surface area contributed by atoms with Gasteiger partial charge >= 0.3 is 0 Å². The molecule has 0 saturated heterocycles. The van der Waals surface area contributed by atoms with Crippen molar-refractivity contribution in [2.24, 2.45) is 5.11 Å². The van der Waals surface area contributed by atoms with Crippen LogP contribution in [-0.2, 0) is 6.54 Å². The standard InChI is InChI=1S/C5H3BrClN3S/c6-4-1-3(2-9-10-8)5(7)11-4/h1H,2H2. The Morgan fingerprint density at radius 2 is 2.55 bits per heavy atom. The van der Waals surface area contributed by atoms with E-state index in [0.717, 1.165) is 9.35 Å². The maximum Gasteiger partial charge on any atom is 0.0973 e. The molecule has 11 heavy (non-hydrogen) atoms. The Hall–Kier alpha value is -0.220. The van der Waals surface area contributed by atoms with Gasteiger partial charge in [-0.2, -0.15) is 0 Å². The molecule has 0 N–H and O–H groups in total. The molecule has 0 unspecified atom stereocenters. The number of rotatable bonds is 2. The van der Waals surface area contributed by atoms with Gasteiger partial charge in [0.1, 0.15) is 0 Å². The zero-order chi connectivity index (χ0) is 8.27. The molecule has 1 aromatic heterocycles. The monoisotopic (exact) mass is 251 g/mol. The van der Waals surface area contributed by atoms with Gasteiger partial charge in [0.05, 0.1) is 14.7 Å². The molecule has 0 aliphatic heterocycles. The molecular formula is C5H3BrClN3S. The van der Waals surface area contributed by atoms with Gasteiger partial charge in [-0.15, -0.1) is 11.3 Å². The van der Waals surface area contributed by atoms with Gasteiger partial charge < -0.3 is 0 Å². The van der Waals surface area contributed by atoms with Gasteiger partial charge in [-0.05, 0) is 33.1 Å². The third-order valence-corrected chi connectivity index (χ3v) is 2.97. The van der Waals surface area contributed by atoms with E-state index >= 15 is 0 Å². The Bertz CT molecular complexity index is 305. The number of thiophene rings is 1. The first kappa shape index (κ1) is 8.87. The second kappa shape index (κ2) is 3.97. The van der Waals surface area contributed by atoms with Crippen molar-refractivity contribution in [3.8, 4) is 0 Å². The van der Waals surface area contributed by atoms with Crippen molar-refractivity contribution in [1.29, 1.82) is 0 Å². The summed E-state index contributed by atoms with van der Waals surface area (Å²) in [6.07, 6.45) is 0. The van der Waals surface area contributed by atoms with E-state index in [0.29, 0.717) is 10.9 Å². The molecule has 1 rings (SSSR count). The van der Waals surface area contributed by atoms with Crippen LogP contribution in [0.1, 0.15) is 5.56 Å². The van der Waals surface area contributed by atoms with Crippen LogP contribution in [0.2, 0.25) is 4.34 Å². The fraction of sp³-hybridized carbons (Fsp3) is 0.200. The van der Waals surface area contributed by atoms with Gasteiger partial charge in [-0.1, -0.05) is 16.7 Å². The van der Waals surface area contributed by atoms with E-state index in [1.165, 1.54) is 11.3 Å². The summed E-state index contributed by atoms with van der Waals surface area (Å²) >= 11 is 10.5. The van der Waals surface area contributed by atoms with Crippen molar-refractivity contribution >= 4 is 38.9 Å². The maximum absolute atomic E-state index is 8.03. The molecule has 0 spiro atoms. The molecule has 3 nitrogen and oxygen atoms in total. The van der Waals surface area contributed by atoms with Crippen LogP contribution in [0.25, 0.3) is 10.4 Å². The summed E-state index contributed by atoms with van der Waals surface area (Å²) in [5.74, 6) is 0. The second-order valence-corrected chi connectivity index (χ2v) is 4.77. The molecule has 6 heteroatoms. The summed E-state index contributed by atoms with van der Waals surface area (Å²) in [5, 5.41) is 3.40. The Morgan fingerprint density at radius 1 is 1.82 bits per heavy atom. The lowest BCUT2D eigenvalue weighted by molar-refractivity contribution is 1.06. The molecule has 1 aromatic rings. The molecule has 0 aliphatic rings. The van der Waals surface area contributed by atoms with Gasteiger partial charge in [-0.3, -0.25) is 0 Å². The largest absolute Gasteiger partial charge is 0.116 e. The lowest BCUT2D eigenvalue weighted by atomic mass is 10.3. The van der Waals surface area contributed by atoms with Gasteiger partial charge in [0.25, 0.3) is 0 Å². The zero-order valence-corrected chi connectivity index (χ0v) is 8.45. The predicted octanol–water partition coefficient (Wildman–Crippen LogP) is 3.97. The van der Waals surface area contributed by atoms with Crippen LogP contribution in [-0.4, -0.2) is 0 Å². The van der Waals surface area contributed by atoms with Crippen molar-refractivity contribution in [2.75, 3.05) is 0 Å². The van der Waals surface area contributed by atoms with E-state index in [9.17, 15) is 0 Å². The highest BCUT2D eigenvalue weighted by molar-refractivity contribution is 9.11. The molecule has 0 radical (unpaired) electrons. The molecule has 1 heterocycles. The van der Waals surface area contributed by atoms with Crippen molar-refractivity contribution in [2.45, 2.75) is 6.54 Å². The van der Waals surface area contributed by atoms with Gasteiger partial charge in [0.15, 0.2) is 0 Å². The number of hydrogen-bond acceptors (Lipinski definition) is 2. The fourth-order valence-electron chi connectivity index (χ4n) is 0.590. The van der Waals surface area contributed by atoms with E-state index < -0.39 is 0 Å². The van der Waals surface area contributed by atoms with Gasteiger partial charge in [-0.25, -0.2) is 0 Å². The first-order valence-electron chi connectivity index (χ1n) is 2.68. The number of halogens is 2. The Balaban J connectivity index is 2.85. The summed E-state index contributed by atoms with van der Waals surface area (Å²) < 4.78 is 1.62. The van der Waals surface area contributed by atoms with Crippen LogP contribution in [0.15, 0.2) is 15.0 Å². The van der Waals surface area contributed by atoms with E-state index in [1.54, 1.807) is 0 Å². The highest BCUT2D eigenvalue weighted by atomic mass is 79.9. The summed E-state index contributed by atoms with van der Waals surface area (Å²) in [7, 11) is 0. The first-order valence-corrected chi connectivity index (χ1v) is 4.67. The molecule has 0 aromatic carbocycles. The van der Waals surface area contributed by atoms with Crippen LogP contribution in [0.3, 0.4) is 0 Å². The molecule has 0 amide bonds. The summed E-state index contributed by atoms with van der Waals surface area (Å²) in [4.78, 5) is 2.64. The first-order chi connectivity index (χ1) is 5.24. The maximum atomic E-state index is 8.03. The number of azide groups is 1. The molecule has 0 saturated carbocycles. The number of hydrogen-bond donors (Lipinski definition) is 0. The molecule has 58 valence electrons.